The van der Waals surface area contributed by atoms with Crippen LogP contribution in [0.2, 0.25) is 5.02 Å². The van der Waals surface area contributed by atoms with E-state index in [0.29, 0.717) is 47.2 Å². The van der Waals surface area contributed by atoms with Crippen LogP contribution >= 0.6 is 11.6 Å². The van der Waals surface area contributed by atoms with E-state index in [4.69, 9.17) is 21.4 Å². The molecule has 1 atom stereocenters. The van der Waals surface area contributed by atoms with E-state index >= 15 is 0 Å². The molecule has 1 fully saturated rings. The van der Waals surface area contributed by atoms with Crippen LogP contribution in [0.25, 0.3) is 23.3 Å². The number of likely N-dealkylation sites (tertiary alicyclic amines) is 1. The lowest BCUT2D eigenvalue weighted by molar-refractivity contribution is -0.148. The summed E-state index contributed by atoms with van der Waals surface area (Å²) in [6.07, 6.45) is 9.75. The molecule has 0 aliphatic carbocycles. The van der Waals surface area contributed by atoms with E-state index in [1.165, 1.54) is 7.11 Å². The number of anilines is 1. The van der Waals surface area contributed by atoms with Crippen LogP contribution in [0.5, 0.6) is 0 Å². The minimum Gasteiger partial charge on any atom is -0.468 e. The molecule has 0 radical (unpaired) electrons. The Morgan fingerprint density at radius 3 is 2.70 bits per heavy atom. The van der Waals surface area contributed by atoms with Crippen LogP contribution in [0.3, 0.4) is 0 Å². The number of carbonyl (C=O) groups excluding carboxylic acids is 2. The third-order valence-electron chi connectivity index (χ3n) is 8.98. The standard InChI is InChI=1S/C39H41ClN6O4/c1-25-19-28(33(40)20-29(25)24-46-17-5-4-9-37(46)39(49)50-3)11-13-35-32(21-41)31(14-15-43-35)30-7-6-8-34(26(30)2)45-38(48)36-12-10-27(23-44-36)22-42-16-18-47/h6-8,10-15,19-20,23,37,42,47H,4-5,9,16-18,22,24H2,1-3H3,(H,45,48)/b13-11+/t37-/m0/s1. The van der Waals surface area contributed by atoms with Crippen LogP contribution in [0.4, 0.5) is 5.69 Å². The predicted octanol–water partition coefficient (Wildman–Crippen LogP) is 6.32. The normalized spacial score (nSPS) is 14.8. The number of carbonyl (C=O) groups is 2. The number of hydrogen-bond donors (Lipinski definition) is 3. The van der Waals surface area contributed by atoms with Crippen LogP contribution in [-0.2, 0) is 22.6 Å². The van der Waals surface area contributed by atoms with Gasteiger partial charge >= 0.3 is 5.97 Å². The van der Waals surface area contributed by atoms with Gasteiger partial charge in [-0.15, -0.1) is 0 Å². The summed E-state index contributed by atoms with van der Waals surface area (Å²) in [6.45, 7) is 6.41. The van der Waals surface area contributed by atoms with E-state index in [9.17, 15) is 14.9 Å². The van der Waals surface area contributed by atoms with Gasteiger partial charge in [-0.1, -0.05) is 48.4 Å². The summed E-state index contributed by atoms with van der Waals surface area (Å²) in [6, 6.07) is 16.9. The molecule has 2 aromatic heterocycles. The Kier molecular flexibility index (Phi) is 12.5. The van der Waals surface area contributed by atoms with Gasteiger partial charge in [0.05, 0.1) is 25.0 Å². The maximum atomic E-state index is 13.1. The molecule has 1 aliphatic rings. The molecular weight excluding hydrogens is 652 g/mol. The highest BCUT2D eigenvalue weighted by Crippen LogP contribution is 2.33. The Hall–Kier alpha value is -4.92. The zero-order chi connectivity index (χ0) is 35.6. The van der Waals surface area contributed by atoms with Gasteiger partial charge in [-0.2, -0.15) is 5.26 Å². The fourth-order valence-corrected chi connectivity index (χ4v) is 6.43. The van der Waals surface area contributed by atoms with Crippen molar-refractivity contribution < 1.29 is 19.4 Å². The first-order valence-electron chi connectivity index (χ1n) is 16.6. The van der Waals surface area contributed by atoms with Gasteiger partial charge in [0.15, 0.2) is 0 Å². The van der Waals surface area contributed by atoms with Gasteiger partial charge in [0.25, 0.3) is 5.91 Å². The fourth-order valence-electron chi connectivity index (χ4n) is 6.18. The SMILES string of the molecule is COC(=O)[C@@H]1CCCCN1Cc1cc(Cl)c(/C=C/c2nccc(-c3cccc(NC(=O)c4ccc(CNCCO)cn4)c3C)c2C#N)cc1C. The van der Waals surface area contributed by atoms with Crippen molar-refractivity contribution in [3.63, 3.8) is 0 Å². The topological polar surface area (TPSA) is 140 Å². The highest BCUT2D eigenvalue weighted by molar-refractivity contribution is 6.32. The average Bonchev–Trinajstić information content (AvgIpc) is 3.13. The molecule has 0 bridgehead atoms. The summed E-state index contributed by atoms with van der Waals surface area (Å²) in [4.78, 5) is 36.4. The van der Waals surface area contributed by atoms with Gasteiger partial charge in [-0.25, -0.2) is 0 Å². The molecule has 11 heteroatoms. The van der Waals surface area contributed by atoms with E-state index in [0.717, 1.165) is 59.2 Å². The average molecular weight is 693 g/mol. The Morgan fingerprint density at radius 1 is 1.12 bits per heavy atom. The van der Waals surface area contributed by atoms with Gasteiger partial charge in [0.2, 0.25) is 0 Å². The number of nitrogens with one attached hydrogen (secondary N) is 2. The monoisotopic (exact) mass is 692 g/mol. The molecule has 0 unspecified atom stereocenters. The Morgan fingerprint density at radius 2 is 1.96 bits per heavy atom. The smallest absolute Gasteiger partial charge is 0.323 e. The number of pyridine rings is 2. The van der Waals surface area contributed by atoms with E-state index in [-0.39, 0.29) is 30.2 Å². The Labute approximate surface area is 297 Å². The number of ether oxygens (including phenoxy) is 1. The number of halogens is 1. The van der Waals surface area contributed by atoms with E-state index in [2.05, 4.69) is 31.6 Å². The number of amides is 1. The number of benzene rings is 2. The first-order chi connectivity index (χ1) is 24.2. The number of esters is 1. The molecule has 0 saturated carbocycles. The number of methoxy groups -OCH3 is 1. The van der Waals surface area contributed by atoms with E-state index in [1.54, 1.807) is 30.6 Å². The highest BCUT2D eigenvalue weighted by atomic mass is 35.5. The molecule has 5 rings (SSSR count). The molecule has 3 heterocycles. The van der Waals surface area contributed by atoms with Crippen molar-refractivity contribution in [1.29, 1.82) is 5.26 Å². The number of hydrogen-bond acceptors (Lipinski definition) is 9. The van der Waals surface area contributed by atoms with Crippen molar-refractivity contribution in [1.82, 2.24) is 20.2 Å². The summed E-state index contributed by atoms with van der Waals surface area (Å²) in [5.41, 5.74) is 7.80. The second kappa shape index (κ2) is 17.1. The lowest BCUT2D eigenvalue weighted by Crippen LogP contribution is -2.44. The second-order valence-corrected chi connectivity index (χ2v) is 12.7. The van der Waals surface area contributed by atoms with E-state index in [1.807, 2.05) is 56.3 Å². The highest BCUT2D eigenvalue weighted by Gasteiger charge is 2.29. The number of aliphatic hydroxyl groups is 1. The number of aromatic nitrogens is 2. The fraction of sp³-hybridized carbons (Fsp3) is 0.308. The van der Waals surface area contributed by atoms with Crippen molar-refractivity contribution >= 4 is 41.3 Å². The molecule has 1 saturated heterocycles. The maximum absolute atomic E-state index is 13.1. The van der Waals surface area contributed by atoms with Gasteiger partial charge in [-0.05, 0) is 97.0 Å². The van der Waals surface area contributed by atoms with Gasteiger partial charge in [0, 0.05) is 48.3 Å². The molecule has 1 amide bonds. The lowest BCUT2D eigenvalue weighted by atomic mass is 9.94. The lowest BCUT2D eigenvalue weighted by Gasteiger charge is -2.34. The van der Waals surface area contributed by atoms with Gasteiger partial charge in [-0.3, -0.25) is 24.5 Å². The molecule has 3 N–H and O–H groups in total. The first-order valence-corrected chi connectivity index (χ1v) is 17.0. The zero-order valence-corrected chi connectivity index (χ0v) is 29.3. The van der Waals surface area contributed by atoms with Crippen molar-refractivity contribution in [3.8, 4) is 17.2 Å². The molecule has 1 aliphatic heterocycles. The van der Waals surface area contributed by atoms with Crippen LogP contribution in [0.15, 0.2) is 60.9 Å². The second-order valence-electron chi connectivity index (χ2n) is 12.3. The summed E-state index contributed by atoms with van der Waals surface area (Å²) < 4.78 is 5.05. The first kappa shape index (κ1) is 36.4. The number of nitriles is 1. The third-order valence-corrected chi connectivity index (χ3v) is 9.30. The van der Waals surface area contributed by atoms with Gasteiger partial charge < -0.3 is 20.5 Å². The maximum Gasteiger partial charge on any atom is 0.323 e. The largest absolute Gasteiger partial charge is 0.468 e. The van der Waals surface area contributed by atoms with Crippen LogP contribution < -0.4 is 10.6 Å². The minimum absolute atomic E-state index is 0.0464. The predicted molar refractivity (Wildman–Crippen MR) is 195 cm³/mol. The molecule has 258 valence electrons. The Bertz CT molecular complexity index is 1920. The van der Waals surface area contributed by atoms with Crippen LogP contribution in [-0.4, -0.2) is 64.7 Å². The molecule has 4 aromatic rings. The molecule has 10 nitrogen and oxygen atoms in total. The van der Waals surface area contributed by atoms with E-state index < -0.39 is 0 Å². The summed E-state index contributed by atoms with van der Waals surface area (Å²) in [7, 11) is 1.43. The van der Waals surface area contributed by atoms with Crippen molar-refractivity contribution in [2.45, 2.75) is 52.2 Å². The summed E-state index contributed by atoms with van der Waals surface area (Å²) >= 11 is 6.77. The molecule has 50 heavy (non-hydrogen) atoms. The number of rotatable bonds is 12. The number of aliphatic hydroxyl groups excluding tert-OH is 1. The quantitative estimate of drug-likeness (QED) is 0.115. The zero-order valence-electron chi connectivity index (χ0n) is 28.5. The summed E-state index contributed by atoms with van der Waals surface area (Å²) in [5, 5.41) is 25.8. The Balaban J connectivity index is 1.35. The minimum atomic E-state index is -0.351. The third kappa shape index (κ3) is 8.62. The molecule has 0 spiro atoms. The number of piperidine rings is 1. The van der Waals surface area contributed by atoms with Gasteiger partial charge in [0.1, 0.15) is 17.8 Å². The van der Waals surface area contributed by atoms with Crippen molar-refractivity contribution in [2.75, 3.05) is 32.1 Å². The summed E-state index contributed by atoms with van der Waals surface area (Å²) in [5.74, 6) is -0.554. The molecular formula is C39H41ClN6O4. The van der Waals surface area contributed by atoms with Crippen molar-refractivity contribution in [2.24, 2.45) is 0 Å². The van der Waals surface area contributed by atoms with Crippen molar-refractivity contribution in [3.05, 3.63) is 111 Å². The van der Waals surface area contributed by atoms with Crippen LogP contribution in [0.1, 0.15) is 68.8 Å². The number of nitrogens with zero attached hydrogens (tertiary/aromatic N) is 4. The molecule has 2 aromatic carbocycles. The number of aryl methyl sites for hydroxylation is 1. The van der Waals surface area contributed by atoms with Crippen LogP contribution in [0, 0.1) is 25.2 Å².